The Morgan fingerprint density at radius 2 is 1.57 bits per heavy atom. The predicted molar refractivity (Wildman–Crippen MR) is 138 cm³/mol. The van der Waals surface area contributed by atoms with Crippen LogP contribution in [0.4, 0.5) is 0 Å². The molecule has 0 saturated carbocycles. The smallest absolute Gasteiger partial charge is 0.247 e. The second-order valence-electron chi connectivity index (χ2n) is 8.12. The Morgan fingerprint density at radius 3 is 2.20 bits per heavy atom. The summed E-state index contributed by atoms with van der Waals surface area (Å²) in [5.41, 5.74) is 2.38. The predicted octanol–water partition coefficient (Wildman–Crippen LogP) is 5.20. The lowest BCUT2D eigenvalue weighted by atomic mass is 10.0. The van der Waals surface area contributed by atoms with Crippen LogP contribution in [0.25, 0.3) is 0 Å². The van der Waals surface area contributed by atoms with E-state index >= 15 is 0 Å². The lowest BCUT2D eigenvalue weighted by Crippen LogP contribution is -2.44. The average Bonchev–Trinajstić information content (AvgIpc) is 2.88. The number of hydrogen-bond donors (Lipinski definition) is 1. The summed E-state index contributed by atoms with van der Waals surface area (Å²) < 4.78 is 10.7. The lowest BCUT2D eigenvalue weighted by Gasteiger charge is -2.32. The normalized spacial score (nSPS) is 11.4. The minimum absolute atomic E-state index is 0.0956. The first-order valence-corrected chi connectivity index (χ1v) is 11.9. The van der Waals surface area contributed by atoms with Crippen molar-refractivity contribution in [3.05, 3.63) is 94.5 Å². The van der Waals surface area contributed by atoms with E-state index in [9.17, 15) is 9.59 Å². The molecule has 0 aliphatic heterocycles. The van der Waals surface area contributed by atoms with E-state index < -0.39 is 6.04 Å². The van der Waals surface area contributed by atoms with Gasteiger partial charge in [0.05, 0.1) is 20.6 Å². The first-order chi connectivity index (χ1) is 17.0. The molecule has 1 N–H and O–H groups in total. The SMILES string of the molecule is CCCNC(=O)[C@H](c1ccccc1)N(Cc1ccc(Cl)cc1)C(=O)Cc1ccc(OC)c(OC)c1. The highest BCUT2D eigenvalue weighted by Gasteiger charge is 2.31. The van der Waals surface area contributed by atoms with Gasteiger partial charge in [0.25, 0.3) is 0 Å². The highest BCUT2D eigenvalue weighted by molar-refractivity contribution is 6.30. The van der Waals surface area contributed by atoms with Crippen LogP contribution in [0, 0.1) is 0 Å². The maximum Gasteiger partial charge on any atom is 0.247 e. The molecule has 0 radical (unpaired) electrons. The van der Waals surface area contributed by atoms with Crippen molar-refractivity contribution in [3.8, 4) is 11.5 Å². The first-order valence-electron chi connectivity index (χ1n) is 11.5. The summed E-state index contributed by atoms with van der Waals surface area (Å²) in [6.45, 7) is 2.77. The summed E-state index contributed by atoms with van der Waals surface area (Å²) in [7, 11) is 3.12. The number of carbonyl (C=O) groups excluding carboxylic acids is 2. The van der Waals surface area contributed by atoms with Gasteiger partial charge in [-0.3, -0.25) is 9.59 Å². The van der Waals surface area contributed by atoms with E-state index in [0.717, 1.165) is 23.1 Å². The highest BCUT2D eigenvalue weighted by atomic mass is 35.5. The number of rotatable bonds is 11. The second-order valence-corrected chi connectivity index (χ2v) is 8.55. The largest absolute Gasteiger partial charge is 0.493 e. The van der Waals surface area contributed by atoms with Crippen LogP contribution in [-0.4, -0.2) is 37.5 Å². The maximum absolute atomic E-state index is 13.8. The zero-order chi connectivity index (χ0) is 25.2. The van der Waals surface area contributed by atoms with E-state index in [2.05, 4.69) is 5.32 Å². The Morgan fingerprint density at radius 1 is 0.914 bits per heavy atom. The van der Waals surface area contributed by atoms with Crippen LogP contribution < -0.4 is 14.8 Å². The molecule has 0 fully saturated rings. The van der Waals surface area contributed by atoms with Gasteiger partial charge in [-0.05, 0) is 47.4 Å². The molecule has 0 spiro atoms. The molecule has 7 heteroatoms. The average molecular weight is 495 g/mol. The molecular weight excluding hydrogens is 464 g/mol. The van der Waals surface area contributed by atoms with E-state index in [-0.39, 0.29) is 24.8 Å². The van der Waals surface area contributed by atoms with Gasteiger partial charge in [0.1, 0.15) is 6.04 Å². The Balaban J connectivity index is 1.99. The van der Waals surface area contributed by atoms with Crippen LogP contribution in [0.5, 0.6) is 11.5 Å². The Kier molecular flexibility index (Phi) is 9.56. The lowest BCUT2D eigenvalue weighted by molar-refractivity contribution is -0.141. The molecule has 1 atom stereocenters. The van der Waals surface area contributed by atoms with E-state index in [4.69, 9.17) is 21.1 Å². The third-order valence-electron chi connectivity index (χ3n) is 5.61. The quantitative estimate of drug-likeness (QED) is 0.398. The summed E-state index contributed by atoms with van der Waals surface area (Å²) >= 11 is 6.07. The van der Waals surface area contributed by atoms with Crippen LogP contribution in [-0.2, 0) is 22.6 Å². The fraction of sp³-hybridized carbons (Fsp3) is 0.286. The zero-order valence-corrected chi connectivity index (χ0v) is 21.0. The van der Waals surface area contributed by atoms with Crippen molar-refractivity contribution >= 4 is 23.4 Å². The number of methoxy groups -OCH3 is 2. The molecule has 0 bridgehead atoms. The van der Waals surface area contributed by atoms with Crippen molar-refractivity contribution in [3.63, 3.8) is 0 Å². The molecule has 6 nitrogen and oxygen atoms in total. The van der Waals surface area contributed by atoms with Crippen LogP contribution in [0.15, 0.2) is 72.8 Å². The minimum Gasteiger partial charge on any atom is -0.493 e. The molecular formula is C28H31ClN2O4. The van der Waals surface area contributed by atoms with Gasteiger partial charge in [0.15, 0.2) is 11.5 Å². The van der Waals surface area contributed by atoms with Gasteiger partial charge in [-0.25, -0.2) is 0 Å². The number of nitrogens with one attached hydrogen (secondary N) is 1. The Hall–Kier alpha value is -3.51. The summed E-state index contributed by atoms with van der Waals surface area (Å²) in [4.78, 5) is 28.8. The molecule has 2 amide bonds. The fourth-order valence-electron chi connectivity index (χ4n) is 3.83. The van der Waals surface area contributed by atoms with Crippen LogP contribution in [0.2, 0.25) is 5.02 Å². The molecule has 0 aromatic heterocycles. The van der Waals surface area contributed by atoms with E-state index in [1.165, 1.54) is 0 Å². The van der Waals surface area contributed by atoms with Gasteiger partial charge in [0, 0.05) is 18.1 Å². The Labute approximate surface area is 211 Å². The van der Waals surface area contributed by atoms with Gasteiger partial charge in [0.2, 0.25) is 11.8 Å². The van der Waals surface area contributed by atoms with Crippen molar-refractivity contribution in [2.24, 2.45) is 0 Å². The summed E-state index contributed by atoms with van der Waals surface area (Å²) in [6, 6.07) is 21.3. The third-order valence-corrected chi connectivity index (χ3v) is 5.87. The monoisotopic (exact) mass is 494 g/mol. The second kappa shape index (κ2) is 12.8. The van der Waals surface area contributed by atoms with Gasteiger partial charge in [-0.1, -0.05) is 67.1 Å². The number of amides is 2. The number of nitrogens with zero attached hydrogens (tertiary/aromatic N) is 1. The zero-order valence-electron chi connectivity index (χ0n) is 20.3. The number of benzene rings is 3. The molecule has 0 heterocycles. The Bertz CT molecular complexity index is 1120. The summed E-state index contributed by atoms with van der Waals surface area (Å²) in [5, 5.41) is 3.58. The van der Waals surface area contributed by atoms with Crippen molar-refractivity contribution < 1.29 is 19.1 Å². The summed E-state index contributed by atoms with van der Waals surface area (Å²) in [5.74, 6) is 0.727. The number of hydrogen-bond acceptors (Lipinski definition) is 4. The molecule has 184 valence electrons. The molecule has 3 aromatic rings. The van der Waals surface area contributed by atoms with Crippen molar-refractivity contribution in [2.75, 3.05) is 20.8 Å². The number of carbonyl (C=O) groups is 2. The third kappa shape index (κ3) is 6.99. The van der Waals surface area contributed by atoms with E-state index in [1.807, 2.05) is 55.5 Å². The van der Waals surface area contributed by atoms with Gasteiger partial charge in [-0.2, -0.15) is 0 Å². The van der Waals surface area contributed by atoms with E-state index in [0.29, 0.717) is 23.1 Å². The number of halogens is 1. The van der Waals surface area contributed by atoms with Crippen LogP contribution in [0.1, 0.15) is 36.1 Å². The van der Waals surface area contributed by atoms with Crippen molar-refractivity contribution in [2.45, 2.75) is 32.4 Å². The maximum atomic E-state index is 13.8. The topological polar surface area (TPSA) is 67.9 Å². The summed E-state index contributed by atoms with van der Waals surface area (Å²) in [6.07, 6.45) is 0.891. The molecule has 0 aliphatic carbocycles. The standard InChI is InChI=1S/C28H31ClN2O4/c1-4-16-30-28(33)27(22-8-6-5-7-9-22)31(19-20-10-13-23(29)14-11-20)26(32)18-21-12-15-24(34-2)25(17-21)35-3/h5-15,17,27H,4,16,18-19H2,1-3H3,(H,30,33)/t27-/m0/s1. The fourth-order valence-corrected chi connectivity index (χ4v) is 3.96. The molecule has 3 aromatic carbocycles. The molecule has 0 unspecified atom stereocenters. The highest BCUT2D eigenvalue weighted by Crippen LogP contribution is 2.29. The van der Waals surface area contributed by atoms with Crippen LogP contribution >= 0.6 is 11.6 Å². The van der Waals surface area contributed by atoms with Crippen molar-refractivity contribution in [1.82, 2.24) is 10.2 Å². The molecule has 0 saturated heterocycles. The minimum atomic E-state index is -0.786. The van der Waals surface area contributed by atoms with Gasteiger partial charge in [-0.15, -0.1) is 0 Å². The van der Waals surface area contributed by atoms with Crippen LogP contribution in [0.3, 0.4) is 0 Å². The van der Waals surface area contributed by atoms with E-state index in [1.54, 1.807) is 43.4 Å². The first kappa shape index (κ1) is 26.1. The number of ether oxygens (including phenoxy) is 2. The molecule has 3 rings (SSSR count). The van der Waals surface area contributed by atoms with Crippen molar-refractivity contribution in [1.29, 1.82) is 0 Å². The molecule has 35 heavy (non-hydrogen) atoms. The van der Waals surface area contributed by atoms with Gasteiger partial charge < -0.3 is 19.7 Å². The van der Waals surface area contributed by atoms with Gasteiger partial charge >= 0.3 is 0 Å². The molecule has 0 aliphatic rings.